The highest BCUT2D eigenvalue weighted by atomic mass is 15.0. The van der Waals surface area contributed by atoms with Crippen LogP contribution in [0.5, 0.6) is 0 Å². The Morgan fingerprint density at radius 2 is 1.48 bits per heavy atom. The molecular weight excluding hydrogens is 302 g/mol. The molecule has 0 saturated heterocycles. The van der Waals surface area contributed by atoms with Gasteiger partial charge >= 0.3 is 0 Å². The molecular formula is C24H33N. The van der Waals surface area contributed by atoms with Crippen LogP contribution in [0.15, 0.2) is 36.4 Å². The number of rotatable bonds is 3. The number of benzene rings is 2. The molecule has 0 radical (unpaired) electrons. The average molecular weight is 336 g/mol. The van der Waals surface area contributed by atoms with Crippen molar-refractivity contribution in [3.8, 4) is 0 Å². The van der Waals surface area contributed by atoms with Gasteiger partial charge in [0, 0.05) is 28.4 Å². The van der Waals surface area contributed by atoms with E-state index in [9.17, 15) is 0 Å². The third kappa shape index (κ3) is 3.10. The first-order valence-electron chi connectivity index (χ1n) is 9.71. The van der Waals surface area contributed by atoms with Crippen LogP contribution in [0.1, 0.15) is 72.4 Å². The maximum Gasteiger partial charge on any atom is 0.0494 e. The number of fused-ring (bicyclic) bond motifs is 3. The summed E-state index contributed by atoms with van der Waals surface area (Å²) in [5, 5.41) is 2.87. The van der Waals surface area contributed by atoms with Crippen LogP contribution in [0, 0.1) is 0 Å². The number of aromatic nitrogens is 1. The predicted octanol–water partition coefficient (Wildman–Crippen LogP) is 7.19. The van der Waals surface area contributed by atoms with Gasteiger partial charge in [0.25, 0.3) is 0 Å². The Kier molecular flexibility index (Phi) is 4.47. The maximum absolute atomic E-state index is 2.54. The predicted molar refractivity (Wildman–Crippen MR) is 112 cm³/mol. The zero-order chi connectivity index (χ0) is 18.4. The number of aryl methyl sites for hydroxylation is 1. The first kappa shape index (κ1) is 18.0. The summed E-state index contributed by atoms with van der Waals surface area (Å²) >= 11 is 0. The van der Waals surface area contributed by atoms with Gasteiger partial charge in [0.1, 0.15) is 0 Å². The van der Waals surface area contributed by atoms with Crippen LogP contribution in [0.2, 0.25) is 0 Å². The van der Waals surface area contributed by atoms with Crippen molar-refractivity contribution in [1.29, 1.82) is 0 Å². The highest BCUT2D eigenvalue weighted by Gasteiger charge is 2.29. The molecule has 0 aliphatic rings. The molecule has 1 heteroatoms. The van der Waals surface area contributed by atoms with E-state index in [-0.39, 0.29) is 10.8 Å². The Morgan fingerprint density at radius 3 is 2.08 bits per heavy atom. The summed E-state index contributed by atoms with van der Waals surface area (Å²) in [5.74, 6) is 0. The minimum Gasteiger partial charge on any atom is -0.340 e. The van der Waals surface area contributed by atoms with Crippen molar-refractivity contribution in [2.45, 2.75) is 78.7 Å². The number of hydrogen-bond donors (Lipinski definition) is 0. The summed E-state index contributed by atoms with van der Waals surface area (Å²) in [6, 6.07) is 13.7. The first-order valence-corrected chi connectivity index (χ1v) is 9.71. The minimum atomic E-state index is 0.113. The molecule has 0 spiro atoms. The van der Waals surface area contributed by atoms with Crippen molar-refractivity contribution < 1.29 is 0 Å². The number of hydrogen-bond acceptors (Lipinski definition) is 0. The van der Waals surface area contributed by atoms with Crippen LogP contribution in [0.4, 0.5) is 0 Å². The molecule has 0 aliphatic carbocycles. The molecule has 2 aromatic carbocycles. The van der Waals surface area contributed by atoms with E-state index in [0.29, 0.717) is 0 Å². The molecule has 0 bridgehead atoms. The fourth-order valence-corrected chi connectivity index (χ4v) is 4.10. The summed E-state index contributed by atoms with van der Waals surface area (Å²) in [6.07, 6.45) is 2.44. The van der Waals surface area contributed by atoms with E-state index < -0.39 is 0 Å². The number of unbranched alkanes of at least 4 members (excludes halogenated alkanes) is 1. The Labute approximate surface area is 153 Å². The molecule has 0 N–H and O–H groups in total. The van der Waals surface area contributed by atoms with Gasteiger partial charge in [-0.3, -0.25) is 0 Å². The quantitative estimate of drug-likeness (QED) is 0.477. The van der Waals surface area contributed by atoms with E-state index in [1.807, 2.05) is 0 Å². The lowest BCUT2D eigenvalue weighted by atomic mass is 9.73. The lowest BCUT2D eigenvalue weighted by Crippen LogP contribution is -2.22. The lowest BCUT2D eigenvalue weighted by molar-refractivity contribution is 0.534. The Bertz CT molecular complexity index is 898. The molecule has 1 aromatic heterocycles. The molecule has 0 saturated carbocycles. The average Bonchev–Trinajstić information content (AvgIpc) is 2.84. The van der Waals surface area contributed by atoms with E-state index in [1.54, 1.807) is 0 Å². The zero-order valence-corrected chi connectivity index (χ0v) is 17.0. The van der Waals surface area contributed by atoms with Crippen LogP contribution in [0.3, 0.4) is 0 Å². The lowest BCUT2D eigenvalue weighted by Gasteiger charge is -2.31. The molecule has 134 valence electrons. The van der Waals surface area contributed by atoms with Crippen LogP contribution < -0.4 is 0 Å². The fourth-order valence-electron chi connectivity index (χ4n) is 4.10. The largest absolute Gasteiger partial charge is 0.340 e. The second-order valence-electron chi connectivity index (χ2n) is 9.40. The molecule has 1 heterocycles. The van der Waals surface area contributed by atoms with E-state index in [4.69, 9.17) is 0 Å². The summed E-state index contributed by atoms with van der Waals surface area (Å²) in [7, 11) is 0. The second-order valence-corrected chi connectivity index (χ2v) is 9.40. The molecule has 0 fully saturated rings. The van der Waals surface area contributed by atoms with Crippen molar-refractivity contribution in [2.75, 3.05) is 0 Å². The standard InChI is InChI=1S/C24H33N/c1-8-9-16-25-19-13-11-10-12-17(19)21-20(25)15-14-18(23(2,3)4)22(21)24(5,6)7/h10-15H,8-9,16H2,1-7H3. The van der Waals surface area contributed by atoms with Crippen molar-refractivity contribution in [3.63, 3.8) is 0 Å². The van der Waals surface area contributed by atoms with Gasteiger partial charge in [-0.15, -0.1) is 0 Å². The Morgan fingerprint density at radius 1 is 0.800 bits per heavy atom. The van der Waals surface area contributed by atoms with Crippen molar-refractivity contribution in [3.05, 3.63) is 47.5 Å². The van der Waals surface area contributed by atoms with Crippen molar-refractivity contribution >= 4 is 21.8 Å². The van der Waals surface area contributed by atoms with Crippen molar-refractivity contribution in [2.24, 2.45) is 0 Å². The topological polar surface area (TPSA) is 4.93 Å². The molecule has 3 rings (SSSR count). The fraction of sp³-hybridized carbons (Fsp3) is 0.500. The number of para-hydroxylation sites is 1. The molecule has 25 heavy (non-hydrogen) atoms. The molecule has 1 nitrogen and oxygen atoms in total. The highest BCUT2D eigenvalue weighted by molar-refractivity contribution is 6.10. The van der Waals surface area contributed by atoms with E-state index >= 15 is 0 Å². The molecule has 3 aromatic rings. The Hall–Kier alpha value is -1.76. The third-order valence-electron chi connectivity index (χ3n) is 5.23. The van der Waals surface area contributed by atoms with Gasteiger partial charge in [-0.05, 0) is 40.5 Å². The van der Waals surface area contributed by atoms with Gasteiger partial charge in [0.05, 0.1) is 0 Å². The van der Waals surface area contributed by atoms with E-state index in [1.165, 1.54) is 45.8 Å². The van der Waals surface area contributed by atoms with Gasteiger partial charge in [0.15, 0.2) is 0 Å². The molecule has 0 atom stereocenters. The van der Waals surface area contributed by atoms with Crippen LogP contribution in [0.25, 0.3) is 21.8 Å². The van der Waals surface area contributed by atoms with Gasteiger partial charge in [-0.2, -0.15) is 0 Å². The number of nitrogens with zero attached hydrogens (tertiary/aromatic N) is 1. The van der Waals surface area contributed by atoms with Gasteiger partial charge < -0.3 is 4.57 Å². The smallest absolute Gasteiger partial charge is 0.0494 e. The van der Waals surface area contributed by atoms with Gasteiger partial charge in [-0.1, -0.05) is 79.2 Å². The monoisotopic (exact) mass is 335 g/mol. The summed E-state index contributed by atoms with van der Waals surface area (Å²) in [4.78, 5) is 0. The normalized spacial score (nSPS) is 13.1. The van der Waals surface area contributed by atoms with Crippen LogP contribution in [-0.2, 0) is 17.4 Å². The first-order chi connectivity index (χ1) is 11.7. The van der Waals surface area contributed by atoms with Crippen LogP contribution in [-0.4, -0.2) is 4.57 Å². The highest BCUT2D eigenvalue weighted by Crippen LogP contribution is 2.42. The van der Waals surface area contributed by atoms with Gasteiger partial charge in [-0.25, -0.2) is 0 Å². The molecule has 0 unspecified atom stereocenters. The van der Waals surface area contributed by atoms with Gasteiger partial charge in [0.2, 0.25) is 0 Å². The summed E-state index contributed by atoms with van der Waals surface area (Å²) in [5.41, 5.74) is 6.02. The molecule has 0 amide bonds. The summed E-state index contributed by atoms with van der Waals surface area (Å²) < 4.78 is 2.54. The van der Waals surface area contributed by atoms with E-state index in [2.05, 4.69) is 89.4 Å². The summed E-state index contributed by atoms with van der Waals surface area (Å²) in [6.45, 7) is 17.4. The zero-order valence-electron chi connectivity index (χ0n) is 17.0. The van der Waals surface area contributed by atoms with Crippen LogP contribution >= 0.6 is 0 Å². The van der Waals surface area contributed by atoms with E-state index in [0.717, 1.165) is 6.54 Å². The second kappa shape index (κ2) is 6.20. The third-order valence-corrected chi connectivity index (χ3v) is 5.23. The minimum absolute atomic E-state index is 0.113. The molecule has 0 aliphatic heterocycles. The maximum atomic E-state index is 2.54. The SMILES string of the molecule is CCCCn1c2ccccc2c2c(C(C)(C)C)c(C(C)(C)C)ccc21. The Balaban J connectivity index is 2.50. The van der Waals surface area contributed by atoms with Crippen molar-refractivity contribution in [1.82, 2.24) is 4.57 Å².